The second kappa shape index (κ2) is 5.56. The summed E-state index contributed by atoms with van der Waals surface area (Å²) in [6, 6.07) is 0. The van der Waals surface area contributed by atoms with E-state index in [1.807, 2.05) is 6.08 Å². The van der Waals surface area contributed by atoms with Gasteiger partial charge in [0.2, 0.25) is 5.91 Å². The Morgan fingerprint density at radius 2 is 2.05 bits per heavy atom. The molecule has 2 heterocycles. The van der Waals surface area contributed by atoms with Crippen molar-refractivity contribution in [3.63, 3.8) is 0 Å². The monoisotopic (exact) mass is 282 g/mol. The van der Waals surface area contributed by atoms with E-state index in [2.05, 4.69) is 0 Å². The van der Waals surface area contributed by atoms with E-state index >= 15 is 0 Å². The number of rotatable bonds is 3. The summed E-state index contributed by atoms with van der Waals surface area (Å²) >= 11 is 0. The van der Waals surface area contributed by atoms with E-state index in [-0.39, 0.29) is 18.4 Å². The molecular formula is C13H17B3N2O3. The molecule has 0 saturated carbocycles. The van der Waals surface area contributed by atoms with Gasteiger partial charge in [0, 0.05) is 39.1 Å². The van der Waals surface area contributed by atoms with Gasteiger partial charge in [0.05, 0.1) is 30.1 Å². The molecule has 21 heavy (non-hydrogen) atoms. The van der Waals surface area contributed by atoms with Crippen LogP contribution in [-0.4, -0.2) is 82.7 Å². The first kappa shape index (κ1) is 16.2. The van der Waals surface area contributed by atoms with Crippen LogP contribution in [0.2, 0.25) is 0 Å². The minimum absolute atomic E-state index is 0.0886. The van der Waals surface area contributed by atoms with Crippen LogP contribution in [0.5, 0.6) is 0 Å². The molecule has 0 aromatic carbocycles. The summed E-state index contributed by atoms with van der Waals surface area (Å²) in [7, 11) is 18.5. The maximum atomic E-state index is 12.4. The standard InChI is InChI=1S/C13H17B3N2O3/c1-9(19)18-7-5-12(8-18,21-13(14,15)16)10-4-3-6-17(2)11(10)20/h4H,3,5-8H2,1-2H3. The molecule has 0 bridgehead atoms. The van der Waals surface area contributed by atoms with Crippen molar-refractivity contribution >= 4 is 35.4 Å². The van der Waals surface area contributed by atoms with E-state index < -0.39 is 10.9 Å². The zero-order chi connectivity index (χ0) is 15.8. The number of ether oxygens (including phenoxy) is 1. The summed E-state index contributed by atoms with van der Waals surface area (Å²) in [6.45, 7) is 2.81. The summed E-state index contributed by atoms with van der Waals surface area (Å²) in [5, 5.41) is -1.87. The molecule has 0 aliphatic carbocycles. The van der Waals surface area contributed by atoms with E-state index in [0.717, 1.165) is 6.42 Å². The molecule has 1 unspecified atom stereocenters. The predicted octanol–water partition coefficient (Wildman–Crippen LogP) is -1.10. The first-order valence-corrected chi connectivity index (χ1v) is 6.93. The van der Waals surface area contributed by atoms with Crippen molar-refractivity contribution in [2.75, 3.05) is 26.7 Å². The summed E-state index contributed by atoms with van der Waals surface area (Å²) < 4.78 is 5.65. The van der Waals surface area contributed by atoms with Gasteiger partial charge in [0.25, 0.3) is 5.91 Å². The Labute approximate surface area is 129 Å². The zero-order valence-corrected chi connectivity index (χ0v) is 12.5. The van der Waals surface area contributed by atoms with Crippen LogP contribution in [0, 0.1) is 0 Å². The molecule has 106 valence electrons. The van der Waals surface area contributed by atoms with Crippen molar-refractivity contribution in [3.05, 3.63) is 11.6 Å². The molecular weight excluding hydrogens is 265 g/mol. The van der Waals surface area contributed by atoms with Crippen molar-refractivity contribution in [3.8, 4) is 0 Å². The third-order valence-corrected chi connectivity index (χ3v) is 3.93. The molecule has 1 atom stereocenters. The number of nitrogens with zero attached hydrogens (tertiary/aromatic N) is 2. The highest BCUT2D eigenvalue weighted by molar-refractivity contribution is 6.58. The van der Waals surface area contributed by atoms with Crippen LogP contribution < -0.4 is 0 Å². The third-order valence-electron chi connectivity index (χ3n) is 3.93. The maximum Gasteiger partial charge on any atom is 0.252 e. The number of amides is 2. The predicted molar refractivity (Wildman–Crippen MR) is 81.0 cm³/mol. The number of carbonyl (C=O) groups is 2. The molecule has 2 aliphatic rings. The molecule has 6 radical (unpaired) electrons. The fourth-order valence-corrected chi connectivity index (χ4v) is 2.93. The largest absolute Gasteiger partial charge is 0.390 e. The van der Waals surface area contributed by atoms with E-state index in [1.54, 1.807) is 16.8 Å². The SMILES string of the molecule is [B]C([B])([B])OC1(C2=CCCN(C)C2=O)CCN(C(C)=O)C1. The van der Waals surface area contributed by atoms with Gasteiger partial charge in [0.1, 0.15) is 5.60 Å². The number of carbonyl (C=O) groups excluding carboxylic acids is 2. The van der Waals surface area contributed by atoms with Gasteiger partial charge in [0.15, 0.2) is 0 Å². The molecule has 0 aromatic rings. The molecule has 1 fully saturated rings. The van der Waals surface area contributed by atoms with Crippen LogP contribution in [0.3, 0.4) is 0 Å². The second-order valence-corrected chi connectivity index (χ2v) is 5.77. The van der Waals surface area contributed by atoms with Crippen molar-refractivity contribution in [2.24, 2.45) is 0 Å². The average molecular weight is 282 g/mol. The highest BCUT2D eigenvalue weighted by Crippen LogP contribution is 2.37. The van der Waals surface area contributed by atoms with Crippen molar-refractivity contribution in [2.45, 2.75) is 30.7 Å². The fraction of sp³-hybridized carbons (Fsp3) is 0.692. The van der Waals surface area contributed by atoms with Gasteiger partial charge in [-0.05, 0) is 11.7 Å². The number of hydrogen-bond donors (Lipinski definition) is 0. The summed E-state index contributed by atoms with van der Waals surface area (Å²) in [5.74, 6) is -0.231. The van der Waals surface area contributed by atoms with Gasteiger partial charge < -0.3 is 14.5 Å². The lowest BCUT2D eigenvalue weighted by molar-refractivity contribution is -0.133. The third kappa shape index (κ3) is 3.36. The average Bonchev–Trinajstić information content (AvgIpc) is 2.75. The normalized spacial score (nSPS) is 27.0. The van der Waals surface area contributed by atoms with E-state index in [1.165, 1.54) is 6.92 Å². The van der Waals surface area contributed by atoms with Gasteiger partial charge in [-0.3, -0.25) is 9.59 Å². The molecule has 1 saturated heterocycles. The molecule has 0 N–H and O–H groups in total. The van der Waals surface area contributed by atoms with E-state index in [9.17, 15) is 9.59 Å². The topological polar surface area (TPSA) is 49.9 Å². The van der Waals surface area contributed by atoms with Gasteiger partial charge in [-0.1, -0.05) is 6.08 Å². The van der Waals surface area contributed by atoms with Crippen LogP contribution in [0.1, 0.15) is 19.8 Å². The van der Waals surface area contributed by atoms with Crippen LogP contribution in [0.15, 0.2) is 11.6 Å². The van der Waals surface area contributed by atoms with Crippen molar-refractivity contribution in [1.29, 1.82) is 0 Å². The first-order chi connectivity index (χ1) is 9.65. The highest BCUT2D eigenvalue weighted by Gasteiger charge is 2.48. The lowest BCUT2D eigenvalue weighted by Gasteiger charge is -2.41. The van der Waals surface area contributed by atoms with Crippen LogP contribution in [0.25, 0.3) is 0 Å². The Kier molecular flexibility index (Phi) is 4.29. The quantitative estimate of drug-likeness (QED) is 0.617. The number of likely N-dealkylation sites (N-methyl/N-ethyl adjacent to an activating group) is 1. The summed E-state index contributed by atoms with van der Waals surface area (Å²) in [5.41, 5.74) is -0.568. The first-order valence-electron chi connectivity index (χ1n) is 6.93. The Balaban J connectivity index is 2.36. The van der Waals surface area contributed by atoms with Gasteiger partial charge >= 0.3 is 0 Å². The summed E-state index contributed by atoms with van der Waals surface area (Å²) in [4.78, 5) is 27.2. The Hall–Kier alpha value is -1.17. The van der Waals surface area contributed by atoms with Crippen molar-refractivity contribution in [1.82, 2.24) is 9.80 Å². The number of hydrogen-bond acceptors (Lipinski definition) is 3. The van der Waals surface area contributed by atoms with Gasteiger partial charge in [-0.25, -0.2) is 0 Å². The minimum atomic E-state index is -1.87. The van der Waals surface area contributed by atoms with Crippen LogP contribution in [0.4, 0.5) is 0 Å². The van der Waals surface area contributed by atoms with E-state index in [4.69, 9.17) is 28.3 Å². The molecule has 8 heteroatoms. The highest BCUT2D eigenvalue weighted by atomic mass is 16.5. The Morgan fingerprint density at radius 1 is 1.38 bits per heavy atom. The maximum absolute atomic E-state index is 12.4. The second-order valence-electron chi connectivity index (χ2n) is 5.77. The van der Waals surface area contributed by atoms with Crippen LogP contribution >= 0.6 is 0 Å². The molecule has 0 spiro atoms. The van der Waals surface area contributed by atoms with Crippen molar-refractivity contribution < 1.29 is 14.3 Å². The summed E-state index contributed by atoms with van der Waals surface area (Å²) in [6.07, 6.45) is 2.98. The lowest BCUT2D eigenvalue weighted by atomic mass is 9.52. The Morgan fingerprint density at radius 3 is 2.57 bits per heavy atom. The lowest BCUT2D eigenvalue weighted by Crippen LogP contribution is -2.53. The van der Waals surface area contributed by atoms with Crippen LogP contribution in [-0.2, 0) is 14.3 Å². The minimum Gasteiger partial charge on any atom is -0.390 e. The molecule has 2 aliphatic heterocycles. The molecule has 2 rings (SSSR count). The van der Waals surface area contributed by atoms with Gasteiger partial charge in [-0.2, -0.15) is 0 Å². The molecule has 2 amide bonds. The Bertz CT molecular complexity index is 490. The van der Waals surface area contributed by atoms with E-state index in [0.29, 0.717) is 25.1 Å². The fourth-order valence-electron chi connectivity index (χ4n) is 2.93. The molecule has 5 nitrogen and oxygen atoms in total. The van der Waals surface area contributed by atoms with Gasteiger partial charge in [-0.15, -0.1) is 0 Å². The number of likely N-dealkylation sites (tertiary alicyclic amines) is 1. The zero-order valence-electron chi connectivity index (χ0n) is 12.5. The molecule has 0 aromatic heterocycles. The smallest absolute Gasteiger partial charge is 0.252 e.